The van der Waals surface area contributed by atoms with Crippen molar-refractivity contribution in [2.24, 2.45) is 11.8 Å². The molecule has 0 aromatic rings. The van der Waals surface area contributed by atoms with Gasteiger partial charge >= 0.3 is 5.97 Å². The molecule has 0 bridgehead atoms. The molecule has 1 saturated heterocycles. The second-order valence-corrected chi connectivity index (χ2v) is 6.34. The Balaban J connectivity index is 1.73. The first-order valence-electron chi connectivity index (χ1n) is 8.68. The summed E-state index contributed by atoms with van der Waals surface area (Å²) in [5.41, 5.74) is 0. The third kappa shape index (κ3) is 5.74. The minimum absolute atomic E-state index is 0.0101. The lowest BCUT2D eigenvalue weighted by atomic mass is 9.93. The number of hydrogen-bond acceptors (Lipinski definition) is 5. The summed E-state index contributed by atoms with van der Waals surface area (Å²) in [6.45, 7) is 0.759. The average Bonchev–Trinajstić information content (AvgIpc) is 2.96. The van der Waals surface area contributed by atoms with E-state index in [1.165, 1.54) is 7.11 Å². The maximum absolute atomic E-state index is 11.5. The lowest BCUT2D eigenvalue weighted by Crippen LogP contribution is -2.31. The quantitative estimate of drug-likeness (QED) is 0.390. The maximum atomic E-state index is 11.5. The van der Waals surface area contributed by atoms with Crippen LogP contribution in [0.1, 0.15) is 51.4 Å². The minimum Gasteiger partial charge on any atom is -0.469 e. The van der Waals surface area contributed by atoms with Gasteiger partial charge in [-0.15, -0.1) is 0 Å². The Labute approximate surface area is 138 Å². The molecule has 0 spiro atoms. The first-order chi connectivity index (χ1) is 11.2. The van der Waals surface area contributed by atoms with E-state index >= 15 is 0 Å². The topological polar surface area (TPSA) is 61.8 Å². The second kappa shape index (κ2) is 9.83. The van der Waals surface area contributed by atoms with Crippen molar-refractivity contribution in [1.29, 1.82) is 0 Å². The van der Waals surface area contributed by atoms with Gasteiger partial charge in [0.1, 0.15) is 6.29 Å². The van der Waals surface area contributed by atoms with E-state index in [0.29, 0.717) is 18.8 Å². The van der Waals surface area contributed by atoms with Crippen LogP contribution in [0.3, 0.4) is 0 Å². The largest absolute Gasteiger partial charge is 0.469 e. The summed E-state index contributed by atoms with van der Waals surface area (Å²) < 4.78 is 16.2. The summed E-state index contributed by atoms with van der Waals surface area (Å²) in [6.07, 6.45) is 12.0. The maximum Gasteiger partial charge on any atom is 0.305 e. The van der Waals surface area contributed by atoms with Crippen LogP contribution >= 0.6 is 0 Å². The normalized spacial score (nSPS) is 31.3. The zero-order valence-corrected chi connectivity index (χ0v) is 13.9. The van der Waals surface area contributed by atoms with Crippen LogP contribution in [-0.2, 0) is 23.8 Å². The molecule has 1 unspecified atom stereocenters. The number of hydrogen-bond donors (Lipinski definition) is 0. The van der Waals surface area contributed by atoms with Crippen LogP contribution in [0.15, 0.2) is 12.2 Å². The lowest BCUT2D eigenvalue weighted by molar-refractivity contribution is -0.194. The zero-order valence-electron chi connectivity index (χ0n) is 13.9. The van der Waals surface area contributed by atoms with Gasteiger partial charge in [0.25, 0.3) is 0 Å². The highest BCUT2D eigenvalue weighted by molar-refractivity contribution is 5.69. The average molecular weight is 324 g/mol. The number of ether oxygens (including phenoxy) is 3. The molecule has 23 heavy (non-hydrogen) atoms. The summed E-state index contributed by atoms with van der Waals surface area (Å²) in [7, 11) is 1.40. The highest BCUT2D eigenvalue weighted by atomic mass is 16.7. The van der Waals surface area contributed by atoms with Crippen LogP contribution in [0.25, 0.3) is 0 Å². The molecule has 0 radical (unpaired) electrons. The standard InChI is InChI=1S/C18H28O5/c1-21-17(20)8-4-2-3-7-14-10-11-16(15(14)13-19)23-18-9-5-6-12-22-18/h2-3,13-16,18H,4-12H2,1H3/b3-2-/t14-,15+,16+,18?/m0/s1. The Hall–Kier alpha value is -1.20. The number of carbonyl (C=O) groups is 2. The van der Waals surface area contributed by atoms with Crippen molar-refractivity contribution in [3.05, 3.63) is 12.2 Å². The fourth-order valence-electron chi connectivity index (χ4n) is 3.40. The van der Waals surface area contributed by atoms with Crippen molar-refractivity contribution in [2.75, 3.05) is 13.7 Å². The summed E-state index contributed by atoms with van der Waals surface area (Å²) in [5.74, 6) is 0.0866. The van der Waals surface area contributed by atoms with Gasteiger partial charge in [0.15, 0.2) is 6.29 Å². The second-order valence-electron chi connectivity index (χ2n) is 6.34. The molecule has 4 atom stereocenters. The van der Waals surface area contributed by atoms with E-state index in [2.05, 4.69) is 10.8 Å². The summed E-state index contributed by atoms with van der Waals surface area (Å²) in [6, 6.07) is 0. The molecule has 1 saturated carbocycles. The van der Waals surface area contributed by atoms with Gasteiger partial charge in [-0.05, 0) is 50.9 Å². The molecule has 1 aliphatic heterocycles. The number of esters is 1. The Bertz CT molecular complexity index is 400. The fourth-order valence-corrected chi connectivity index (χ4v) is 3.40. The van der Waals surface area contributed by atoms with E-state index in [9.17, 15) is 9.59 Å². The van der Waals surface area contributed by atoms with E-state index in [1.807, 2.05) is 6.08 Å². The first-order valence-corrected chi connectivity index (χ1v) is 8.68. The number of carbonyl (C=O) groups excluding carboxylic acids is 2. The van der Waals surface area contributed by atoms with Crippen LogP contribution in [0.2, 0.25) is 0 Å². The molecule has 1 aliphatic carbocycles. The number of aldehydes is 1. The van der Waals surface area contributed by atoms with Crippen molar-refractivity contribution < 1.29 is 23.8 Å². The van der Waals surface area contributed by atoms with Gasteiger partial charge in [-0.25, -0.2) is 0 Å². The van der Waals surface area contributed by atoms with Crippen LogP contribution < -0.4 is 0 Å². The van der Waals surface area contributed by atoms with Gasteiger partial charge in [-0.2, -0.15) is 0 Å². The molecule has 0 amide bonds. The van der Waals surface area contributed by atoms with Gasteiger partial charge < -0.3 is 19.0 Å². The van der Waals surface area contributed by atoms with Crippen molar-refractivity contribution in [3.8, 4) is 0 Å². The van der Waals surface area contributed by atoms with Crippen molar-refractivity contribution in [1.82, 2.24) is 0 Å². The molecule has 0 aromatic heterocycles. The summed E-state index contributed by atoms with van der Waals surface area (Å²) in [5, 5.41) is 0. The number of methoxy groups -OCH3 is 1. The predicted octanol–water partition coefficient (Wildman–Crippen LogP) is 3.02. The van der Waals surface area contributed by atoms with Gasteiger partial charge in [-0.3, -0.25) is 4.79 Å². The third-order valence-electron chi connectivity index (χ3n) is 4.77. The van der Waals surface area contributed by atoms with Crippen LogP contribution in [-0.4, -0.2) is 38.4 Å². The Morgan fingerprint density at radius 1 is 1.22 bits per heavy atom. The van der Waals surface area contributed by atoms with E-state index in [-0.39, 0.29) is 24.3 Å². The Morgan fingerprint density at radius 3 is 2.78 bits per heavy atom. The zero-order chi connectivity index (χ0) is 16.5. The molecule has 130 valence electrons. The number of allylic oxidation sites excluding steroid dienone is 2. The van der Waals surface area contributed by atoms with E-state index in [4.69, 9.17) is 9.47 Å². The smallest absolute Gasteiger partial charge is 0.305 e. The van der Waals surface area contributed by atoms with Crippen molar-refractivity contribution >= 4 is 12.3 Å². The van der Waals surface area contributed by atoms with Gasteiger partial charge in [-0.1, -0.05) is 12.2 Å². The molecule has 0 N–H and O–H groups in total. The van der Waals surface area contributed by atoms with E-state index in [1.54, 1.807) is 0 Å². The monoisotopic (exact) mass is 324 g/mol. The summed E-state index contributed by atoms with van der Waals surface area (Å²) in [4.78, 5) is 22.5. The molecule has 0 aromatic carbocycles. The fraction of sp³-hybridized carbons (Fsp3) is 0.778. The minimum atomic E-state index is -0.192. The SMILES string of the molecule is COC(=O)CC/C=C\C[C@H]1CC[C@@H](OC2CCCCO2)[C@@H]1C=O. The van der Waals surface area contributed by atoms with E-state index in [0.717, 1.165) is 51.4 Å². The molecule has 2 aliphatic rings. The Morgan fingerprint density at radius 2 is 2.09 bits per heavy atom. The molecule has 5 nitrogen and oxygen atoms in total. The molecular weight excluding hydrogens is 296 g/mol. The molecular formula is C18H28O5. The third-order valence-corrected chi connectivity index (χ3v) is 4.77. The van der Waals surface area contributed by atoms with Crippen LogP contribution in [0.5, 0.6) is 0 Å². The lowest BCUT2D eigenvalue weighted by Gasteiger charge is -2.28. The molecule has 5 heteroatoms. The van der Waals surface area contributed by atoms with E-state index < -0.39 is 0 Å². The molecule has 2 rings (SSSR count). The Kier molecular flexibility index (Phi) is 7.76. The van der Waals surface area contributed by atoms with Crippen LogP contribution in [0.4, 0.5) is 0 Å². The highest BCUT2D eigenvalue weighted by Crippen LogP contribution is 2.36. The van der Waals surface area contributed by atoms with Crippen LogP contribution in [0, 0.1) is 11.8 Å². The van der Waals surface area contributed by atoms with Gasteiger partial charge in [0.05, 0.1) is 13.2 Å². The number of rotatable bonds is 8. The molecule has 1 heterocycles. The highest BCUT2D eigenvalue weighted by Gasteiger charge is 2.37. The van der Waals surface area contributed by atoms with Gasteiger partial charge in [0.2, 0.25) is 0 Å². The summed E-state index contributed by atoms with van der Waals surface area (Å²) >= 11 is 0. The van der Waals surface area contributed by atoms with Gasteiger partial charge in [0, 0.05) is 18.9 Å². The first kappa shape index (κ1) is 18.1. The molecule has 2 fully saturated rings. The predicted molar refractivity (Wildman–Crippen MR) is 85.7 cm³/mol. The van der Waals surface area contributed by atoms with Crippen molar-refractivity contribution in [2.45, 2.75) is 63.8 Å². The van der Waals surface area contributed by atoms with Crippen molar-refractivity contribution in [3.63, 3.8) is 0 Å².